The van der Waals surface area contributed by atoms with Crippen molar-refractivity contribution >= 4 is 27.7 Å². The van der Waals surface area contributed by atoms with Crippen molar-refractivity contribution in [2.75, 3.05) is 23.7 Å². The Morgan fingerprint density at radius 2 is 2.15 bits per heavy atom. The standard InChI is InChI=1S/C14H23BrN4O/c1-2-7-16-14-18-9-11(15)13(19-14)17-8-10-5-3-4-6-12(10)20/h9-10,12,20H,2-8H2,1H3,(H2,16,17,18,19). The molecule has 0 radical (unpaired) electrons. The van der Waals surface area contributed by atoms with E-state index in [1.165, 1.54) is 6.42 Å². The minimum atomic E-state index is -0.186. The summed E-state index contributed by atoms with van der Waals surface area (Å²) in [5.74, 6) is 1.75. The Morgan fingerprint density at radius 1 is 1.35 bits per heavy atom. The van der Waals surface area contributed by atoms with Crippen LogP contribution in [0.25, 0.3) is 0 Å². The maximum atomic E-state index is 9.99. The molecule has 1 heterocycles. The number of rotatable bonds is 6. The Hall–Kier alpha value is -0.880. The van der Waals surface area contributed by atoms with Gasteiger partial charge in [-0.15, -0.1) is 0 Å². The van der Waals surface area contributed by atoms with Crippen molar-refractivity contribution in [2.45, 2.75) is 45.1 Å². The van der Waals surface area contributed by atoms with E-state index in [4.69, 9.17) is 0 Å². The van der Waals surface area contributed by atoms with Crippen LogP contribution in [0.3, 0.4) is 0 Å². The minimum absolute atomic E-state index is 0.186. The number of nitrogens with one attached hydrogen (secondary N) is 2. The molecule has 1 saturated carbocycles. The van der Waals surface area contributed by atoms with Gasteiger partial charge in [0.05, 0.1) is 10.6 Å². The summed E-state index contributed by atoms with van der Waals surface area (Å²) in [5.41, 5.74) is 0. The highest BCUT2D eigenvalue weighted by molar-refractivity contribution is 9.10. The van der Waals surface area contributed by atoms with E-state index >= 15 is 0 Å². The number of aliphatic hydroxyl groups excluding tert-OH is 1. The quantitative estimate of drug-likeness (QED) is 0.741. The smallest absolute Gasteiger partial charge is 0.224 e. The fourth-order valence-corrected chi connectivity index (χ4v) is 2.80. The Bertz CT molecular complexity index is 430. The first kappa shape index (κ1) is 15.5. The summed E-state index contributed by atoms with van der Waals surface area (Å²) < 4.78 is 0.852. The molecule has 1 aliphatic rings. The second kappa shape index (κ2) is 7.78. The van der Waals surface area contributed by atoms with Crippen LogP contribution in [0.15, 0.2) is 10.7 Å². The zero-order valence-electron chi connectivity index (χ0n) is 11.9. The molecule has 0 spiro atoms. The molecular formula is C14H23BrN4O. The monoisotopic (exact) mass is 342 g/mol. The molecule has 112 valence electrons. The van der Waals surface area contributed by atoms with Gasteiger partial charge in [-0.05, 0) is 35.2 Å². The van der Waals surface area contributed by atoms with E-state index in [2.05, 4.69) is 43.5 Å². The lowest BCUT2D eigenvalue weighted by molar-refractivity contribution is 0.0763. The maximum absolute atomic E-state index is 9.99. The first-order valence-corrected chi connectivity index (χ1v) is 8.18. The van der Waals surface area contributed by atoms with Gasteiger partial charge in [-0.1, -0.05) is 19.8 Å². The van der Waals surface area contributed by atoms with Gasteiger partial charge >= 0.3 is 0 Å². The number of halogens is 1. The van der Waals surface area contributed by atoms with Crippen LogP contribution in [-0.2, 0) is 0 Å². The number of anilines is 2. The number of aliphatic hydroxyl groups is 1. The molecule has 0 aromatic carbocycles. The lowest BCUT2D eigenvalue weighted by atomic mass is 9.86. The number of hydrogen-bond donors (Lipinski definition) is 3. The summed E-state index contributed by atoms with van der Waals surface area (Å²) >= 11 is 3.46. The number of hydrogen-bond acceptors (Lipinski definition) is 5. The van der Waals surface area contributed by atoms with E-state index in [0.717, 1.165) is 49.1 Å². The third kappa shape index (κ3) is 4.31. The van der Waals surface area contributed by atoms with E-state index in [9.17, 15) is 5.11 Å². The summed E-state index contributed by atoms with van der Waals surface area (Å²) in [7, 11) is 0. The highest BCUT2D eigenvalue weighted by Gasteiger charge is 2.23. The molecule has 0 saturated heterocycles. The molecule has 1 aromatic rings. The Balaban J connectivity index is 1.93. The molecule has 1 fully saturated rings. The Labute approximate surface area is 128 Å². The maximum Gasteiger partial charge on any atom is 0.224 e. The number of aromatic nitrogens is 2. The molecule has 6 heteroatoms. The summed E-state index contributed by atoms with van der Waals surface area (Å²) in [6.45, 7) is 3.72. The summed E-state index contributed by atoms with van der Waals surface area (Å²) in [6, 6.07) is 0. The molecule has 2 atom stereocenters. The zero-order valence-corrected chi connectivity index (χ0v) is 13.5. The van der Waals surface area contributed by atoms with E-state index < -0.39 is 0 Å². The van der Waals surface area contributed by atoms with Gasteiger partial charge in [-0.3, -0.25) is 0 Å². The average Bonchev–Trinajstić information content (AvgIpc) is 2.46. The van der Waals surface area contributed by atoms with Gasteiger partial charge in [0.25, 0.3) is 0 Å². The third-order valence-corrected chi connectivity index (χ3v) is 4.26. The molecule has 0 aliphatic heterocycles. The predicted molar refractivity (Wildman–Crippen MR) is 85.0 cm³/mol. The Kier molecular flexibility index (Phi) is 6.04. The highest BCUT2D eigenvalue weighted by Crippen LogP contribution is 2.26. The molecule has 0 amide bonds. The van der Waals surface area contributed by atoms with Gasteiger partial charge in [0.15, 0.2) is 0 Å². The van der Waals surface area contributed by atoms with Crippen LogP contribution in [0.5, 0.6) is 0 Å². The molecule has 5 nitrogen and oxygen atoms in total. The van der Waals surface area contributed by atoms with Gasteiger partial charge in [0.1, 0.15) is 5.82 Å². The molecular weight excluding hydrogens is 320 g/mol. The van der Waals surface area contributed by atoms with Crippen LogP contribution in [0, 0.1) is 5.92 Å². The molecule has 1 aliphatic carbocycles. The van der Waals surface area contributed by atoms with E-state index in [1.54, 1.807) is 6.20 Å². The summed E-state index contributed by atoms with van der Waals surface area (Å²) in [4.78, 5) is 8.69. The van der Waals surface area contributed by atoms with E-state index in [-0.39, 0.29) is 6.10 Å². The van der Waals surface area contributed by atoms with Crippen molar-refractivity contribution in [3.8, 4) is 0 Å². The van der Waals surface area contributed by atoms with Crippen molar-refractivity contribution < 1.29 is 5.11 Å². The second-order valence-corrected chi connectivity index (χ2v) is 6.16. The van der Waals surface area contributed by atoms with Gasteiger partial charge in [-0.2, -0.15) is 4.98 Å². The van der Waals surface area contributed by atoms with Crippen molar-refractivity contribution in [1.29, 1.82) is 0 Å². The van der Waals surface area contributed by atoms with Crippen molar-refractivity contribution in [3.05, 3.63) is 10.7 Å². The lowest BCUT2D eigenvalue weighted by Crippen LogP contribution is -2.30. The zero-order chi connectivity index (χ0) is 14.4. The molecule has 2 unspecified atom stereocenters. The van der Waals surface area contributed by atoms with Crippen LogP contribution in [0.1, 0.15) is 39.0 Å². The van der Waals surface area contributed by atoms with Crippen LogP contribution < -0.4 is 10.6 Å². The van der Waals surface area contributed by atoms with Crippen LogP contribution in [0.4, 0.5) is 11.8 Å². The SMILES string of the molecule is CCCNc1ncc(Br)c(NCC2CCCCC2O)n1. The van der Waals surface area contributed by atoms with Gasteiger partial charge < -0.3 is 15.7 Å². The fraction of sp³-hybridized carbons (Fsp3) is 0.714. The molecule has 3 N–H and O–H groups in total. The molecule has 20 heavy (non-hydrogen) atoms. The third-order valence-electron chi connectivity index (χ3n) is 3.68. The van der Waals surface area contributed by atoms with Crippen molar-refractivity contribution in [3.63, 3.8) is 0 Å². The van der Waals surface area contributed by atoms with Crippen LogP contribution in [-0.4, -0.2) is 34.3 Å². The normalized spacial score (nSPS) is 22.6. The average molecular weight is 343 g/mol. The second-order valence-electron chi connectivity index (χ2n) is 5.31. The summed E-state index contributed by atoms with van der Waals surface area (Å²) in [6.07, 6.45) is 6.95. The van der Waals surface area contributed by atoms with Gasteiger partial charge in [0, 0.05) is 25.2 Å². The Morgan fingerprint density at radius 3 is 2.90 bits per heavy atom. The predicted octanol–water partition coefficient (Wildman–Crippen LogP) is 3.02. The molecule has 0 bridgehead atoms. The molecule has 2 rings (SSSR count). The lowest BCUT2D eigenvalue weighted by Gasteiger charge is -2.27. The fourth-order valence-electron chi connectivity index (χ4n) is 2.47. The van der Waals surface area contributed by atoms with Gasteiger partial charge in [-0.25, -0.2) is 4.98 Å². The topological polar surface area (TPSA) is 70.1 Å². The van der Waals surface area contributed by atoms with Crippen LogP contribution in [0.2, 0.25) is 0 Å². The highest BCUT2D eigenvalue weighted by atomic mass is 79.9. The first-order valence-electron chi connectivity index (χ1n) is 7.39. The minimum Gasteiger partial charge on any atom is -0.393 e. The van der Waals surface area contributed by atoms with Gasteiger partial charge in [0.2, 0.25) is 5.95 Å². The number of nitrogens with zero attached hydrogens (tertiary/aromatic N) is 2. The van der Waals surface area contributed by atoms with Crippen LogP contribution >= 0.6 is 15.9 Å². The first-order chi connectivity index (χ1) is 9.70. The van der Waals surface area contributed by atoms with E-state index in [0.29, 0.717) is 11.9 Å². The van der Waals surface area contributed by atoms with Crippen molar-refractivity contribution in [1.82, 2.24) is 9.97 Å². The largest absolute Gasteiger partial charge is 0.393 e. The van der Waals surface area contributed by atoms with E-state index in [1.807, 2.05) is 0 Å². The summed E-state index contributed by atoms with van der Waals surface area (Å²) in [5, 5.41) is 16.5. The molecule has 1 aromatic heterocycles. The van der Waals surface area contributed by atoms with Crippen molar-refractivity contribution in [2.24, 2.45) is 5.92 Å².